The Morgan fingerprint density at radius 1 is 0.769 bits per heavy atom. The minimum Gasteiger partial charge on any atom is -0.497 e. The topological polar surface area (TPSA) is 22.1 Å². The minimum atomic E-state index is 0.846. The van der Waals surface area contributed by atoms with Crippen LogP contribution in [0.25, 0.3) is 33.3 Å². The van der Waals surface area contributed by atoms with Crippen LogP contribution in [0.15, 0.2) is 72.8 Å². The molecule has 4 rings (SSSR count). The summed E-state index contributed by atoms with van der Waals surface area (Å²) >= 11 is 0. The molecule has 0 aliphatic heterocycles. The van der Waals surface area contributed by atoms with E-state index in [0.29, 0.717) is 0 Å². The number of methoxy groups -OCH3 is 1. The van der Waals surface area contributed by atoms with Gasteiger partial charge in [-0.3, -0.25) is 0 Å². The van der Waals surface area contributed by atoms with E-state index in [4.69, 9.17) is 9.72 Å². The Bertz CT molecular complexity index is 1070. The van der Waals surface area contributed by atoms with Gasteiger partial charge in [0.05, 0.1) is 18.3 Å². The number of aryl methyl sites for hydroxylation is 1. The standard InChI is InChI=1S/C24H21NO/c1-16-9-11-19(12-10-16)24-17(2)23(18-7-5-4-6-8-18)21-15-20(26-3)13-14-22(21)25-24/h4-15H,1-3H3. The van der Waals surface area contributed by atoms with Crippen molar-refractivity contribution in [3.63, 3.8) is 0 Å². The van der Waals surface area contributed by atoms with Gasteiger partial charge >= 0.3 is 0 Å². The van der Waals surface area contributed by atoms with Crippen molar-refractivity contribution >= 4 is 10.9 Å². The second-order valence-corrected chi connectivity index (χ2v) is 6.58. The van der Waals surface area contributed by atoms with Crippen LogP contribution in [-0.4, -0.2) is 12.1 Å². The predicted octanol–water partition coefficient (Wildman–Crippen LogP) is 6.19. The monoisotopic (exact) mass is 339 g/mol. The molecule has 0 aliphatic carbocycles. The molecule has 0 aliphatic rings. The predicted molar refractivity (Wildman–Crippen MR) is 109 cm³/mol. The van der Waals surface area contributed by atoms with Crippen molar-refractivity contribution in [2.24, 2.45) is 0 Å². The average Bonchev–Trinajstić information content (AvgIpc) is 2.68. The highest BCUT2D eigenvalue weighted by Crippen LogP contribution is 2.37. The molecule has 4 aromatic rings. The first-order chi connectivity index (χ1) is 12.7. The molecule has 1 aromatic heterocycles. The van der Waals surface area contributed by atoms with E-state index in [1.54, 1.807) is 7.11 Å². The molecule has 0 amide bonds. The smallest absolute Gasteiger partial charge is 0.119 e. The highest BCUT2D eigenvalue weighted by atomic mass is 16.5. The summed E-state index contributed by atoms with van der Waals surface area (Å²) in [7, 11) is 1.70. The molecule has 0 atom stereocenters. The lowest BCUT2D eigenvalue weighted by Crippen LogP contribution is -1.96. The van der Waals surface area contributed by atoms with Crippen molar-refractivity contribution in [1.82, 2.24) is 4.98 Å². The number of rotatable bonds is 3. The summed E-state index contributed by atoms with van der Waals surface area (Å²) in [5, 5.41) is 1.11. The Labute approximate surface area is 154 Å². The maximum atomic E-state index is 5.45. The second-order valence-electron chi connectivity index (χ2n) is 6.58. The number of benzene rings is 3. The minimum absolute atomic E-state index is 0.846. The maximum absolute atomic E-state index is 5.45. The van der Waals surface area contributed by atoms with Crippen LogP contribution in [0, 0.1) is 13.8 Å². The summed E-state index contributed by atoms with van der Waals surface area (Å²) in [6.07, 6.45) is 0. The van der Waals surface area contributed by atoms with Crippen LogP contribution < -0.4 is 4.74 Å². The average molecular weight is 339 g/mol. The van der Waals surface area contributed by atoms with Crippen molar-refractivity contribution in [3.05, 3.63) is 83.9 Å². The van der Waals surface area contributed by atoms with Gasteiger partial charge in [-0.05, 0) is 48.7 Å². The molecular formula is C24H21NO. The Balaban J connectivity index is 2.07. The molecule has 0 N–H and O–H groups in total. The van der Waals surface area contributed by atoms with E-state index in [2.05, 4.69) is 68.4 Å². The summed E-state index contributed by atoms with van der Waals surface area (Å²) in [4.78, 5) is 4.98. The number of hydrogen-bond donors (Lipinski definition) is 0. The van der Waals surface area contributed by atoms with Crippen LogP contribution in [0.3, 0.4) is 0 Å². The Hall–Kier alpha value is -3.13. The third kappa shape index (κ3) is 2.84. The van der Waals surface area contributed by atoms with Crippen LogP contribution >= 0.6 is 0 Å². The van der Waals surface area contributed by atoms with Crippen molar-refractivity contribution < 1.29 is 4.74 Å². The highest BCUT2D eigenvalue weighted by Gasteiger charge is 2.15. The fourth-order valence-electron chi connectivity index (χ4n) is 3.43. The van der Waals surface area contributed by atoms with Gasteiger partial charge in [-0.15, -0.1) is 0 Å². The Morgan fingerprint density at radius 2 is 1.50 bits per heavy atom. The molecule has 0 saturated carbocycles. The summed E-state index contributed by atoms with van der Waals surface area (Å²) in [6.45, 7) is 4.26. The summed E-state index contributed by atoms with van der Waals surface area (Å²) < 4.78 is 5.45. The molecule has 0 unspecified atom stereocenters. The van der Waals surface area contributed by atoms with Crippen molar-refractivity contribution in [3.8, 4) is 28.1 Å². The fraction of sp³-hybridized carbons (Fsp3) is 0.125. The molecular weight excluding hydrogens is 318 g/mol. The lowest BCUT2D eigenvalue weighted by atomic mass is 9.92. The van der Waals surface area contributed by atoms with Crippen molar-refractivity contribution in [2.45, 2.75) is 13.8 Å². The third-order valence-electron chi connectivity index (χ3n) is 4.82. The number of aromatic nitrogens is 1. The molecule has 26 heavy (non-hydrogen) atoms. The third-order valence-corrected chi connectivity index (χ3v) is 4.82. The summed E-state index contributed by atoms with van der Waals surface area (Å²) in [6, 6.07) is 25.2. The van der Waals surface area contributed by atoms with Gasteiger partial charge in [-0.25, -0.2) is 4.98 Å². The molecule has 0 fully saturated rings. The van der Waals surface area contributed by atoms with Gasteiger partial charge in [0.25, 0.3) is 0 Å². The van der Waals surface area contributed by atoms with Crippen LogP contribution in [0.1, 0.15) is 11.1 Å². The van der Waals surface area contributed by atoms with Gasteiger partial charge in [0.15, 0.2) is 0 Å². The number of pyridine rings is 1. The van der Waals surface area contributed by atoms with Crippen LogP contribution in [0.5, 0.6) is 5.75 Å². The first-order valence-electron chi connectivity index (χ1n) is 8.78. The number of fused-ring (bicyclic) bond motifs is 1. The molecule has 0 radical (unpaired) electrons. The number of hydrogen-bond acceptors (Lipinski definition) is 2. The fourth-order valence-corrected chi connectivity index (χ4v) is 3.43. The van der Waals surface area contributed by atoms with E-state index in [9.17, 15) is 0 Å². The zero-order valence-corrected chi connectivity index (χ0v) is 15.3. The number of nitrogens with zero attached hydrogens (tertiary/aromatic N) is 1. The molecule has 2 nitrogen and oxygen atoms in total. The van der Waals surface area contributed by atoms with E-state index in [1.807, 2.05) is 18.2 Å². The quantitative estimate of drug-likeness (QED) is 0.444. The van der Waals surface area contributed by atoms with Gasteiger partial charge in [-0.2, -0.15) is 0 Å². The van der Waals surface area contributed by atoms with Gasteiger partial charge in [0, 0.05) is 10.9 Å². The largest absolute Gasteiger partial charge is 0.497 e. The first kappa shape index (κ1) is 16.3. The van der Waals surface area contributed by atoms with Crippen molar-refractivity contribution in [1.29, 1.82) is 0 Å². The SMILES string of the molecule is COc1ccc2nc(-c3ccc(C)cc3)c(C)c(-c3ccccc3)c2c1. The summed E-state index contributed by atoms with van der Waals surface area (Å²) in [5.74, 6) is 0.846. The Morgan fingerprint density at radius 3 is 2.19 bits per heavy atom. The molecule has 128 valence electrons. The highest BCUT2D eigenvalue weighted by molar-refractivity contribution is 5.99. The first-order valence-corrected chi connectivity index (χ1v) is 8.78. The van der Waals surface area contributed by atoms with Gasteiger partial charge in [0.1, 0.15) is 5.75 Å². The number of ether oxygens (including phenoxy) is 1. The van der Waals surface area contributed by atoms with E-state index in [1.165, 1.54) is 22.3 Å². The van der Waals surface area contributed by atoms with Crippen LogP contribution in [0.2, 0.25) is 0 Å². The van der Waals surface area contributed by atoms with Gasteiger partial charge < -0.3 is 4.74 Å². The molecule has 0 spiro atoms. The lowest BCUT2D eigenvalue weighted by molar-refractivity contribution is 0.415. The lowest BCUT2D eigenvalue weighted by Gasteiger charge is -2.16. The van der Waals surface area contributed by atoms with Crippen LogP contribution in [0.4, 0.5) is 0 Å². The molecule has 3 aromatic carbocycles. The van der Waals surface area contributed by atoms with E-state index in [-0.39, 0.29) is 0 Å². The van der Waals surface area contributed by atoms with E-state index >= 15 is 0 Å². The van der Waals surface area contributed by atoms with Gasteiger partial charge in [-0.1, -0.05) is 60.2 Å². The van der Waals surface area contributed by atoms with Crippen LogP contribution in [-0.2, 0) is 0 Å². The molecule has 0 saturated heterocycles. The zero-order chi connectivity index (χ0) is 18.1. The Kier molecular flexibility index (Phi) is 4.18. The maximum Gasteiger partial charge on any atom is 0.119 e. The second kappa shape index (κ2) is 6.64. The molecule has 0 bridgehead atoms. The van der Waals surface area contributed by atoms with E-state index in [0.717, 1.165) is 27.9 Å². The van der Waals surface area contributed by atoms with Gasteiger partial charge in [0.2, 0.25) is 0 Å². The normalized spacial score (nSPS) is 10.9. The summed E-state index contributed by atoms with van der Waals surface area (Å²) in [5.41, 5.74) is 7.99. The molecule has 1 heterocycles. The van der Waals surface area contributed by atoms with E-state index < -0.39 is 0 Å². The zero-order valence-electron chi connectivity index (χ0n) is 15.3. The van der Waals surface area contributed by atoms with Crippen molar-refractivity contribution in [2.75, 3.05) is 7.11 Å². The molecule has 2 heteroatoms.